The number of aromatic nitrogens is 2. The van der Waals surface area contributed by atoms with E-state index in [2.05, 4.69) is 14.9 Å². The molecule has 0 saturated carbocycles. The Bertz CT molecular complexity index is 366. The monoisotopic (exact) mass is 193 g/mol. The molecule has 1 aliphatic heterocycles. The first-order valence-corrected chi connectivity index (χ1v) is 5.08. The maximum Gasteiger partial charge on any atom is 0.290 e. The van der Waals surface area contributed by atoms with Crippen molar-refractivity contribution in [2.75, 3.05) is 18.0 Å². The van der Waals surface area contributed by atoms with Gasteiger partial charge in [-0.1, -0.05) is 0 Å². The highest BCUT2D eigenvalue weighted by molar-refractivity contribution is 5.36. The van der Waals surface area contributed by atoms with Gasteiger partial charge in [0, 0.05) is 19.3 Å². The van der Waals surface area contributed by atoms with Crippen LogP contribution in [0, 0.1) is 6.92 Å². The Morgan fingerprint density at radius 1 is 1.36 bits per heavy atom. The van der Waals surface area contributed by atoms with Crippen molar-refractivity contribution in [3.63, 3.8) is 0 Å². The average molecular weight is 193 g/mol. The predicted molar refractivity (Wildman–Crippen MR) is 55.7 cm³/mol. The van der Waals surface area contributed by atoms with Crippen LogP contribution in [0.25, 0.3) is 0 Å². The molecule has 0 atom stereocenters. The molecule has 0 radical (unpaired) electrons. The number of hydrogen-bond donors (Lipinski definition) is 1. The van der Waals surface area contributed by atoms with Gasteiger partial charge in [-0.05, 0) is 26.2 Å². The first kappa shape index (κ1) is 9.24. The lowest BCUT2D eigenvalue weighted by molar-refractivity contribution is 0.570. The molecule has 1 saturated heterocycles. The minimum Gasteiger partial charge on any atom is -0.352 e. The van der Waals surface area contributed by atoms with Crippen molar-refractivity contribution in [3.8, 4) is 0 Å². The van der Waals surface area contributed by atoms with Crippen LogP contribution in [0.4, 0.5) is 5.82 Å². The summed E-state index contributed by atoms with van der Waals surface area (Å²) in [5, 5.41) is 0. The SMILES string of the molecule is Cc1c[nH]c(=O)c(N2CCCCC2)n1. The van der Waals surface area contributed by atoms with Crippen molar-refractivity contribution >= 4 is 5.82 Å². The summed E-state index contributed by atoms with van der Waals surface area (Å²) in [4.78, 5) is 20.6. The largest absolute Gasteiger partial charge is 0.352 e. The summed E-state index contributed by atoms with van der Waals surface area (Å²) in [7, 11) is 0. The molecule has 0 unspecified atom stereocenters. The highest BCUT2D eigenvalue weighted by Crippen LogP contribution is 2.13. The van der Waals surface area contributed by atoms with Gasteiger partial charge in [0.05, 0.1) is 5.69 Å². The van der Waals surface area contributed by atoms with Gasteiger partial charge < -0.3 is 9.88 Å². The molecule has 0 bridgehead atoms. The molecule has 0 spiro atoms. The fraction of sp³-hybridized carbons (Fsp3) is 0.600. The number of anilines is 1. The summed E-state index contributed by atoms with van der Waals surface area (Å²) in [5.74, 6) is 0.588. The Labute approximate surface area is 83.0 Å². The molecule has 0 aromatic carbocycles. The average Bonchev–Trinajstić information content (AvgIpc) is 2.23. The summed E-state index contributed by atoms with van der Waals surface area (Å²) in [6.07, 6.45) is 5.24. The lowest BCUT2D eigenvalue weighted by atomic mass is 10.1. The minimum absolute atomic E-state index is 0.0718. The van der Waals surface area contributed by atoms with Gasteiger partial charge in [-0.15, -0.1) is 0 Å². The van der Waals surface area contributed by atoms with E-state index in [0.29, 0.717) is 5.82 Å². The molecule has 1 aromatic heterocycles. The van der Waals surface area contributed by atoms with Crippen molar-refractivity contribution < 1.29 is 0 Å². The normalized spacial score (nSPS) is 17.1. The fourth-order valence-electron chi connectivity index (χ4n) is 1.80. The summed E-state index contributed by atoms with van der Waals surface area (Å²) in [5.41, 5.74) is 0.794. The third kappa shape index (κ3) is 1.78. The molecule has 4 nitrogen and oxygen atoms in total. The fourth-order valence-corrected chi connectivity index (χ4v) is 1.80. The molecule has 1 N–H and O–H groups in total. The molecule has 76 valence electrons. The first-order valence-electron chi connectivity index (χ1n) is 5.08. The number of nitrogens with zero attached hydrogens (tertiary/aromatic N) is 2. The highest BCUT2D eigenvalue weighted by Gasteiger charge is 2.14. The van der Waals surface area contributed by atoms with Gasteiger partial charge in [0.15, 0.2) is 5.82 Å². The zero-order valence-electron chi connectivity index (χ0n) is 8.42. The zero-order chi connectivity index (χ0) is 9.97. The minimum atomic E-state index is -0.0718. The van der Waals surface area contributed by atoms with Crippen LogP contribution in [0.15, 0.2) is 11.0 Å². The molecular formula is C10H15N3O. The summed E-state index contributed by atoms with van der Waals surface area (Å²) in [6, 6.07) is 0. The number of H-pyrrole nitrogens is 1. The number of rotatable bonds is 1. The Hall–Kier alpha value is -1.32. The van der Waals surface area contributed by atoms with Crippen LogP contribution in [0.5, 0.6) is 0 Å². The van der Waals surface area contributed by atoms with Crippen LogP contribution in [-0.4, -0.2) is 23.1 Å². The van der Waals surface area contributed by atoms with Gasteiger partial charge in [-0.3, -0.25) is 4.79 Å². The molecule has 1 aromatic rings. The number of nitrogens with one attached hydrogen (secondary N) is 1. The van der Waals surface area contributed by atoms with Crippen molar-refractivity contribution in [2.24, 2.45) is 0 Å². The van der Waals surface area contributed by atoms with Gasteiger partial charge in [0.25, 0.3) is 5.56 Å². The summed E-state index contributed by atoms with van der Waals surface area (Å²) < 4.78 is 0. The molecule has 2 heterocycles. The Balaban J connectivity index is 2.29. The molecule has 0 amide bonds. The van der Waals surface area contributed by atoms with Gasteiger partial charge in [-0.25, -0.2) is 4.98 Å². The van der Waals surface area contributed by atoms with Crippen LogP contribution in [-0.2, 0) is 0 Å². The molecule has 4 heteroatoms. The van der Waals surface area contributed by atoms with Crippen molar-refractivity contribution in [1.82, 2.24) is 9.97 Å². The van der Waals surface area contributed by atoms with Crippen molar-refractivity contribution in [3.05, 3.63) is 22.2 Å². The van der Waals surface area contributed by atoms with Crippen molar-refractivity contribution in [2.45, 2.75) is 26.2 Å². The molecule has 1 aliphatic rings. The molecule has 1 fully saturated rings. The van der Waals surface area contributed by atoms with Crippen LogP contribution in [0.1, 0.15) is 25.0 Å². The number of aromatic amines is 1. The third-order valence-electron chi connectivity index (χ3n) is 2.55. The predicted octanol–water partition coefficient (Wildman–Crippen LogP) is 1.07. The maximum atomic E-state index is 11.5. The number of piperidine rings is 1. The van der Waals surface area contributed by atoms with E-state index in [4.69, 9.17) is 0 Å². The Morgan fingerprint density at radius 3 is 2.79 bits per heavy atom. The topological polar surface area (TPSA) is 49.0 Å². The molecule has 0 aliphatic carbocycles. The van der Waals surface area contributed by atoms with E-state index in [0.717, 1.165) is 31.6 Å². The summed E-state index contributed by atoms with van der Waals surface area (Å²) >= 11 is 0. The lowest BCUT2D eigenvalue weighted by Crippen LogP contribution is -2.34. The molecular weight excluding hydrogens is 178 g/mol. The van der Waals surface area contributed by atoms with Crippen molar-refractivity contribution in [1.29, 1.82) is 0 Å². The van der Waals surface area contributed by atoms with E-state index in [1.54, 1.807) is 6.20 Å². The number of hydrogen-bond acceptors (Lipinski definition) is 3. The quantitative estimate of drug-likeness (QED) is 0.725. The first-order chi connectivity index (χ1) is 6.77. The van der Waals surface area contributed by atoms with Crippen LogP contribution in [0.2, 0.25) is 0 Å². The Kier molecular flexibility index (Phi) is 2.52. The van der Waals surface area contributed by atoms with E-state index in [9.17, 15) is 4.79 Å². The van der Waals surface area contributed by atoms with E-state index in [-0.39, 0.29) is 5.56 Å². The second-order valence-corrected chi connectivity index (χ2v) is 3.74. The van der Waals surface area contributed by atoms with E-state index in [1.165, 1.54) is 6.42 Å². The summed E-state index contributed by atoms with van der Waals surface area (Å²) in [6.45, 7) is 3.81. The van der Waals surface area contributed by atoms with E-state index in [1.807, 2.05) is 6.92 Å². The van der Waals surface area contributed by atoms with Gasteiger partial charge in [-0.2, -0.15) is 0 Å². The van der Waals surface area contributed by atoms with Crippen LogP contribution in [0.3, 0.4) is 0 Å². The number of aryl methyl sites for hydroxylation is 1. The van der Waals surface area contributed by atoms with Gasteiger partial charge in [0.1, 0.15) is 0 Å². The standard InChI is InChI=1S/C10H15N3O/c1-8-7-11-10(14)9(12-8)13-5-3-2-4-6-13/h7H,2-6H2,1H3,(H,11,14). The van der Waals surface area contributed by atoms with E-state index < -0.39 is 0 Å². The van der Waals surface area contributed by atoms with Gasteiger partial charge in [0.2, 0.25) is 0 Å². The molecule has 14 heavy (non-hydrogen) atoms. The third-order valence-corrected chi connectivity index (χ3v) is 2.55. The lowest BCUT2D eigenvalue weighted by Gasteiger charge is -2.26. The molecule has 2 rings (SSSR count). The van der Waals surface area contributed by atoms with E-state index >= 15 is 0 Å². The van der Waals surface area contributed by atoms with Crippen LogP contribution < -0.4 is 10.5 Å². The highest BCUT2D eigenvalue weighted by atomic mass is 16.1. The van der Waals surface area contributed by atoms with Gasteiger partial charge >= 0.3 is 0 Å². The van der Waals surface area contributed by atoms with Crippen LogP contribution >= 0.6 is 0 Å². The maximum absolute atomic E-state index is 11.5. The second kappa shape index (κ2) is 3.82. The second-order valence-electron chi connectivity index (χ2n) is 3.74. The zero-order valence-corrected chi connectivity index (χ0v) is 8.42. The smallest absolute Gasteiger partial charge is 0.290 e. The Morgan fingerprint density at radius 2 is 2.07 bits per heavy atom.